The Balaban J connectivity index is 2.44. The van der Waals surface area contributed by atoms with Crippen molar-refractivity contribution in [1.29, 1.82) is 0 Å². The van der Waals surface area contributed by atoms with Gasteiger partial charge in [0.25, 0.3) is 5.56 Å². The van der Waals surface area contributed by atoms with Gasteiger partial charge in [-0.15, -0.1) is 11.3 Å². The Morgan fingerprint density at radius 3 is 2.68 bits per heavy atom. The molecule has 0 aliphatic heterocycles. The van der Waals surface area contributed by atoms with Crippen molar-refractivity contribution in [2.24, 2.45) is 0 Å². The molecule has 1 unspecified atom stereocenters. The zero-order chi connectivity index (χ0) is 18.1. The lowest BCUT2D eigenvalue weighted by Gasteiger charge is -2.18. The lowest BCUT2D eigenvalue weighted by molar-refractivity contribution is -0.141. The second-order valence-corrected chi connectivity index (χ2v) is 6.11. The number of carboxylic acid groups (broad SMARTS) is 2. The highest BCUT2D eigenvalue weighted by atomic mass is 32.1. The van der Waals surface area contributed by atoms with E-state index in [1.54, 1.807) is 25.3 Å². The van der Waals surface area contributed by atoms with Gasteiger partial charge in [-0.1, -0.05) is 6.92 Å². The van der Waals surface area contributed by atoms with Crippen molar-refractivity contribution in [2.45, 2.75) is 19.4 Å². The molecule has 0 fully saturated rings. The fourth-order valence-corrected chi connectivity index (χ4v) is 3.52. The first-order valence-corrected chi connectivity index (χ1v) is 8.23. The molecule has 8 nitrogen and oxygen atoms in total. The van der Waals surface area contributed by atoms with Gasteiger partial charge in [0.15, 0.2) is 0 Å². The molecule has 25 heavy (non-hydrogen) atoms. The summed E-state index contributed by atoms with van der Waals surface area (Å²) >= 11 is 1.03. The first-order chi connectivity index (χ1) is 12.0. The maximum atomic E-state index is 13.0. The van der Waals surface area contributed by atoms with E-state index in [1.165, 1.54) is 11.6 Å². The van der Waals surface area contributed by atoms with Gasteiger partial charge in [0, 0.05) is 23.3 Å². The maximum Gasteiger partial charge on any atom is 0.337 e. The number of hydrogen-bond acceptors (Lipinski definition) is 6. The molecule has 9 heteroatoms. The topological polar surface area (TPSA) is 122 Å². The highest BCUT2D eigenvalue weighted by Gasteiger charge is 2.27. The van der Waals surface area contributed by atoms with E-state index in [0.29, 0.717) is 5.56 Å². The summed E-state index contributed by atoms with van der Waals surface area (Å²) in [5.41, 5.74) is -0.382. The zero-order valence-corrected chi connectivity index (χ0v) is 13.9. The highest BCUT2D eigenvalue weighted by molar-refractivity contribution is 7.17. The molecule has 0 aromatic carbocycles. The summed E-state index contributed by atoms with van der Waals surface area (Å²) in [5.74, 6) is -2.30. The van der Waals surface area contributed by atoms with E-state index in [4.69, 9.17) is 0 Å². The van der Waals surface area contributed by atoms with E-state index in [0.717, 1.165) is 15.9 Å². The van der Waals surface area contributed by atoms with Crippen LogP contribution in [0.25, 0.3) is 21.6 Å². The monoisotopic (exact) mass is 359 g/mol. The molecule has 0 saturated carbocycles. The lowest BCUT2D eigenvalue weighted by atomic mass is 10.1. The largest absolute Gasteiger partial charge is 0.480 e. The van der Waals surface area contributed by atoms with Crippen LogP contribution in [0.15, 0.2) is 34.7 Å². The minimum absolute atomic E-state index is 0.0789. The van der Waals surface area contributed by atoms with Crippen molar-refractivity contribution >= 4 is 33.5 Å². The molecule has 2 N–H and O–H groups in total. The first-order valence-electron chi connectivity index (χ1n) is 7.36. The zero-order valence-electron chi connectivity index (χ0n) is 13.0. The van der Waals surface area contributed by atoms with Gasteiger partial charge in [0.2, 0.25) is 0 Å². The highest BCUT2D eigenvalue weighted by Crippen LogP contribution is 2.27. The first kappa shape index (κ1) is 16.8. The molecule has 3 heterocycles. The van der Waals surface area contributed by atoms with Crippen LogP contribution in [0.4, 0.5) is 0 Å². The summed E-state index contributed by atoms with van der Waals surface area (Å²) in [7, 11) is 0. The van der Waals surface area contributed by atoms with E-state index in [9.17, 15) is 24.6 Å². The third kappa shape index (κ3) is 2.78. The summed E-state index contributed by atoms with van der Waals surface area (Å²) in [6.07, 6.45) is 3.17. The number of nitrogens with zero attached hydrogens (tertiary/aromatic N) is 3. The van der Waals surface area contributed by atoms with Crippen molar-refractivity contribution < 1.29 is 19.8 Å². The number of carbonyl (C=O) groups is 2. The molecular weight excluding hydrogens is 346 g/mol. The fourth-order valence-electron chi connectivity index (χ4n) is 2.62. The van der Waals surface area contributed by atoms with Gasteiger partial charge in [0.05, 0.1) is 10.9 Å². The second-order valence-electron chi connectivity index (χ2n) is 5.25. The molecule has 0 aliphatic carbocycles. The quantitative estimate of drug-likeness (QED) is 0.716. The molecule has 128 valence electrons. The summed E-state index contributed by atoms with van der Waals surface area (Å²) in [5, 5.41) is 20.0. The van der Waals surface area contributed by atoms with Gasteiger partial charge in [-0.3, -0.25) is 14.3 Å². The molecule has 3 aromatic heterocycles. The number of fused-ring (bicyclic) bond motifs is 1. The average Bonchev–Trinajstić information content (AvgIpc) is 3.02. The summed E-state index contributed by atoms with van der Waals surface area (Å²) in [6, 6.07) is 2.15. The van der Waals surface area contributed by atoms with Crippen molar-refractivity contribution in [2.75, 3.05) is 0 Å². The number of hydrogen-bond donors (Lipinski definition) is 2. The fraction of sp³-hybridized carbons (Fsp3) is 0.188. The van der Waals surface area contributed by atoms with Crippen LogP contribution >= 0.6 is 11.3 Å². The third-order valence-corrected chi connectivity index (χ3v) is 4.65. The molecule has 0 spiro atoms. The Kier molecular flexibility index (Phi) is 4.32. The third-order valence-electron chi connectivity index (χ3n) is 3.77. The molecule has 0 bridgehead atoms. The van der Waals surface area contributed by atoms with Crippen molar-refractivity contribution in [3.05, 3.63) is 45.8 Å². The number of aromatic carboxylic acids is 1. The molecule has 0 amide bonds. The van der Waals surface area contributed by atoms with Crippen molar-refractivity contribution in [1.82, 2.24) is 14.5 Å². The van der Waals surface area contributed by atoms with E-state index in [-0.39, 0.29) is 28.0 Å². The standard InChI is InChI=1S/C16H13N3O5S/c1-2-10(16(23)24)19-12(8-4-3-5-17-6-8)18-13-11(14(19)20)9(7-25-13)15(21)22/h3-7,10H,2H2,1H3,(H,21,22)(H,23,24). The summed E-state index contributed by atoms with van der Waals surface area (Å²) < 4.78 is 1.04. The van der Waals surface area contributed by atoms with Crippen LogP contribution in [0.3, 0.4) is 0 Å². The Bertz CT molecular complexity index is 1030. The van der Waals surface area contributed by atoms with Crippen LogP contribution in [0.1, 0.15) is 29.7 Å². The van der Waals surface area contributed by atoms with Gasteiger partial charge in [-0.25, -0.2) is 14.6 Å². The predicted octanol–water partition coefficient (Wildman–Crippen LogP) is 2.25. The van der Waals surface area contributed by atoms with E-state index >= 15 is 0 Å². The molecule has 3 rings (SSSR count). The van der Waals surface area contributed by atoms with Crippen LogP contribution in [0.2, 0.25) is 0 Å². The molecule has 0 radical (unpaired) electrons. The molecule has 3 aromatic rings. The molecule has 0 aliphatic rings. The van der Waals surface area contributed by atoms with E-state index in [2.05, 4.69) is 9.97 Å². The number of aromatic nitrogens is 3. The number of pyridine rings is 1. The van der Waals surface area contributed by atoms with E-state index < -0.39 is 23.5 Å². The normalized spacial score (nSPS) is 12.2. The molecular formula is C16H13N3O5S. The van der Waals surface area contributed by atoms with Crippen molar-refractivity contribution in [3.63, 3.8) is 0 Å². The summed E-state index contributed by atoms with van der Waals surface area (Å²) in [4.78, 5) is 44.6. The smallest absolute Gasteiger partial charge is 0.337 e. The van der Waals surface area contributed by atoms with Gasteiger partial charge in [-0.2, -0.15) is 0 Å². The molecule has 0 saturated heterocycles. The Labute approximate surface area is 145 Å². The van der Waals surface area contributed by atoms with Crippen LogP contribution in [-0.2, 0) is 4.79 Å². The lowest BCUT2D eigenvalue weighted by Crippen LogP contribution is -2.32. The maximum absolute atomic E-state index is 13.0. The van der Waals surface area contributed by atoms with Crippen LogP contribution in [-0.4, -0.2) is 36.7 Å². The minimum atomic E-state index is -1.26. The SMILES string of the molecule is CCC(C(=O)O)n1c(-c2cccnc2)nc2scc(C(=O)O)c2c1=O. The van der Waals surface area contributed by atoms with E-state index in [1.807, 2.05) is 0 Å². The minimum Gasteiger partial charge on any atom is -0.480 e. The number of aliphatic carboxylic acids is 1. The van der Waals surface area contributed by atoms with Crippen LogP contribution in [0.5, 0.6) is 0 Å². The van der Waals surface area contributed by atoms with Gasteiger partial charge in [0.1, 0.15) is 16.7 Å². The van der Waals surface area contributed by atoms with Gasteiger partial charge >= 0.3 is 11.9 Å². The van der Waals surface area contributed by atoms with Gasteiger partial charge < -0.3 is 10.2 Å². The Hall–Kier alpha value is -3.07. The van der Waals surface area contributed by atoms with Gasteiger partial charge in [-0.05, 0) is 18.6 Å². The summed E-state index contributed by atoms with van der Waals surface area (Å²) in [6.45, 7) is 1.63. The molecule has 1 atom stereocenters. The second kappa shape index (κ2) is 6.44. The Morgan fingerprint density at radius 1 is 1.36 bits per heavy atom. The van der Waals surface area contributed by atoms with Crippen LogP contribution < -0.4 is 5.56 Å². The van der Waals surface area contributed by atoms with Crippen LogP contribution in [0, 0.1) is 0 Å². The Morgan fingerprint density at radius 2 is 2.12 bits per heavy atom. The number of carboxylic acids is 2. The number of rotatable bonds is 5. The predicted molar refractivity (Wildman–Crippen MR) is 91.0 cm³/mol. The van der Waals surface area contributed by atoms with Crippen molar-refractivity contribution in [3.8, 4) is 11.4 Å². The number of thiophene rings is 1. The average molecular weight is 359 g/mol.